The first-order valence-electron chi connectivity index (χ1n) is 7.17. The van der Waals surface area contributed by atoms with E-state index in [0.29, 0.717) is 31.0 Å². The van der Waals surface area contributed by atoms with E-state index in [4.69, 9.17) is 9.90 Å². The van der Waals surface area contributed by atoms with Crippen LogP contribution in [0, 0.1) is 6.92 Å². The van der Waals surface area contributed by atoms with Crippen LogP contribution < -0.4 is 3.07 Å². The summed E-state index contributed by atoms with van der Waals surface area (Å²) in [6.07, 6.45) is 1.77. The van der Waals surface area contributed by atoms with Gasteiger partial charge in [-0.1, -0.05) is 0 Å². The Hall–Kier alpha value is -1.66. The van der Waals surface area contributed by atoms with Crippen LogP contribution in [0.15, 0.2) is 59.6 Å². The van der Waals surface area contributed by atoms with E-state index in [0.717, 1.165) is 26.5 Å². The van der Waals surface area contributed by atoms with Gasteiger partial charge < -0.3 is 5.11 Å². The van der Waals surface area contributed by atoms with Crippen molar-refractivity contribution in [3.05, 3.63) is 60.3 Å². The first kappa shape index (κ1) is 18.7. The molecule has 0 unspecified atom stereocenters. The maximum atomic E-state index is 12.8. The van der Waals surface area contributed by atoms with E-state index < -0.39 is 16.0 Å². The first-order chi connectivity index (χ1) is 11.2. The zero-order valence-corrected chi connectivity index (χ0v) is 19.7. The number of hydrogen-bond acceptors (Lipinski definition) is 3. The quantitative estimate of drug-likeness (QED) is 0.517. The second-order valence-corrected chi connectivity index (χ2v) is 10.1. The molecule has 1 aromatic heterocycles. The summed E-state index contributed by atoms with van der Waals surface area (Å²) < 4.78 is 28.1. The molecule has 0 atom stereocenters. The molecule has 0 spiro atoms. The van der Waals surface area contributed by atoms with Gasteiger partial charge in [0.1, 0.15) is 0 Å². The van der Waals surface area contributed by atoms with Crippen LogP contribution in [0.25, 0.3) is 10.9 Å². The average Bonchev–Trinajstić information content (AvgIpc) is 2.86. The number of fused-ring (bicyclic) bond motifs is 1. The molecule has 0 saturated heterocycles. The molecule has 0 fully saturated rings. The van der Waals surface area contributed by atoms with Gasteiger partial charge in [0.2, 0.25) is 0 Å². The predicted molar refractivity (Wildman–Crippen MR) is 88.6 cm³/mol. The van der Waals surface area contributed by atoms with Crippen molar-refractivity contribution in [1.29, 1.82) is 0 Å². The third-order valence-corrected chi connectivity index (χ3v) is 7.22. The molecular formula is C17H16HgNO4S. The second-order valence-electron chi connectivity index (χ2n) is 5.30. The Morgan fingerprint density at radius 1 is 1.08 bits per heavy atom. The average molecular weight is 531 g/mol. The molecular weight excluding hydrogens is 515 g/mol. The molecule has 0 bridgehead atoms. The topological polar surface area (TPSA) is 76.4 Å². The van der Waals surface area contributed by atoms with Gasteiger partial charge in [-0.05, 0) is 0 Å². The first-order valence-corrected chi connectivity index (χ1v) is 11.4. The number of carboxylic acid groups (broad SMARTS) is 1. The number of aromatic nitrogens is 1. The van der Waals surface area contributed by atoms with Crippen LogP contribution >= 0.6 is 0 Å². The summed E-state index contributed by atoms with van der Waals surface area (Å²) in [5.74, 6) is -0.833. The normalized spacial score (nSPS) is 11.0. The monoisotopic (exact) mass is 532 g/mol. The minimum absolute atomic E-state index is 0.331. The number of carbonyl (C=O) groups is 1. The van der Waals surface area contributed by atoms with E-state index in [1.54, 1.807) is 18.3 Å². The number of benzene rings is 2. The number of nitrogens with zero attached hydrogens (tertiary/aromatic N) is 1. The third-order valence-electron chi connectivity index (χ3n) is 3.34. The summed E-state index contributed by atoms with van der Waals surface area (Å²) in [5.41, 5.74) is 1.81. The number of aliphatic carboxylic acids is 1. The Kier molecular flexibility index (Phi) is 5.82. The van der Waals surface area contributed by atoms with Gasteiger partial charge in [0.25, 0.3) is 5.97 Å². The number of rotatable bonds is 2. The maximum absolute atomic E-state index is 12.8. The van der Waals surface area contributed by atoms with Crippen molar-refractivity contribution in [2.24, 2.45) is 0 Å². The summed E-state index contributed by atoms with van der Waals surface area (Å²) in [6, 6.07) is 14.6. The van der Waals surface area contributed by atoms with Gasteiger partial charge in [0.05, 0.1) is 0 Å². The van der Waals surface area contributed by atoms with Gasteiger partial charge >= 0.3 is 135 Å². The molecule has 1 heterocycles. The standard InChI is InChI=1S/C15H12NO2S.C2H4O2.Hg/c1-12-6-8-14(9-7-12)19(17,18)16-11-10-13-4-2-3-5-15(13)16;1-2(3)4;/h2-9,11H,1H3;1H3,(H,3,4);. The predicted octanol–water partition coefficient (Wildman–Crippen LogP) is 2.45. The molecule has 3 aromatic rings. The molecule has 7 heteroatoms. The van der Waals surface area contributed by atoms with Crippen molar-refractivity contribution in [3.8, 4) is 0 Å². The van der Waals surface area contributed by atoms with Crippen LogP contribution in [0.2, 0.25) is 0 Å². The van der Waals surface area contributed by atoms with E-state index in [1.807, 2.05) is 43.3 Å². The van der Waals surface area contributed by atoms with Gasteiger partial charge in [-0.3, -0.25) is 4.79 Å². The van der Waals surface area contributed by atoms with Gasteiger partial charge in [-0.25, -0.2) is 0 Å². The Bertz CT molecular complexity index is 971. The molecule has 121 valence electrons. The minimum atomic E-state index is -3.51. The summed E-state index contributed by atoms with van der Waals surface area (Å²) >= 11 is 0.376. The molecule has 0 aliphatic rings. The molecule has 0 aliphatic heterocycles. The third kappa shape index (κ3) is 4.05. The summed E-state index contributed by atoms with van der Waals surface area (Å²) in [6.45, 7) is 3.03. The molecule has 24 heavy (non-hydrogen) atoms. The van der Waals surface area contributed by atoms with Crippen LogP contribution in [0.5, 0.6) is 0 Å². The van der Waals surface area contributed by atoms with Gasteiger partial charge in [0, 0.05) is 6.92 Å². The van der Waals surface area contributed by atoms with Crippen molar-refractivity contribution in [2.45, 2.75) is 18.7 Å². The van der Waals surface area contributed by atoms with E-state index in [-0.39, 0.29) is 0 Å². The van der Waals surface area contributed by atoms with Crippen molar-refractivity contribution in [1.82, 2.24) is 3.97 Å². The fraction of sp³-hybridized carbons (Fsp3) is 0.118. The number of aryl methyl sites for hydroxylation is 1. The molecule has 0 radical (unpaired) electrons. The molecule has 0 saturated carbocycles. The second kappa shape index (κ2) is 7.48. The van der Waals surface area contributed by atoms with Gasteiger partial charge in [-0.2, -0.15) is 0 Å². The molecule has 0 aliphatic carbocycles. The van der Waals surface area contributed by atoms with Crippen molar-refractivity contribution in [2.75, 3.05) is 0 Å². The Morgan fingerprint density at radius 2 is 1.62 bits per heavy atom. The van der Waals surface area contributed by atoms with E-state index in [2.05, 4.69) is 0 Å². The summed E-state index contributed by atoms with van der Waals surface area (Å²) in [7, 11) is -3.51. The van der Waals surface area contributed by atoms with Crippen LogP contribution in [0.1, 0.15) is 12.5 Å². The zero-order chi connectivity index (χ0) is 17.9. The molecule has 3 rings (SSSR count). The number of carboxylic acids is 1. The summed E-state index contributed by atoms with van der Waals surface area (Å²) in [4.78, 5) is 9.33. The van der Waals surface area contributed by atoms with Crippen molar-refractivity contribution < 1.29 is 44.4 Å². The van der Waals surface area contributed by atoms with Crippen molar-refractivity contribution >= 4 is 30.0 Å². The van der Waals surface area contributed by atoms with E-state index in [9.17, 15) is 8.42 Å². The van der Waals surface area contributed by atoms with Crippen LogP contribution in [0.3, 0.4) is 0 Å². The molecule has 2 aromatic carbocycles. The molecule has 5 nitrogen and oxygen atoms in total. The fourth-order valence-corrected chi connectivity index (χ4v) is 6.02. The molecule has 1 N–H and O–H groups in total. The van der Waals surface area contributed by atoms with Gasteiger partial charge in [0.15, 0.2) is 0 Å². The van der Waals surface area contributed by atoms with Crippen LogP contribution in [-0.2, 0) is 40.9 Å². The fourth-order valence-electron chi connectivity index (χ4n) is 2.24. The van der Waals surface area contributed by atoms with Crippen molar-refractivity contribution in [3.63, 3.8) is 0 Å². The number of hydrogen-bond donors (Lipinski definition) is 1. The SMILES string of the molecule is CC(=O)O.Cc1ccc(S(=O)(=O)n2c[c]([Hg])c3ccccc32)cc1. The Morgan fingerprint density at radius 3 is 2.21 bits per heavy atom. The van der Waals surface area contributed by atoms with Crippen LogP contribution in [0.4, 0.5) is 0 Å². The number of para-hydroxylation sites is 1. The van der Waals surface area contributed by atoms with Crippen LogP contribution in [-0.4, -0.2) is 23.5 Å². The zero-order valence-electron chi connectivity index (χ0n) is 13.4. The Labute approximate surface area is 156 Å². The summed E-state index contributed by atoms with van der Waals surface area (Å²) in [5, 5.41) is 8.46. The van der Waals surface area contributed by atoms with E-state index in [1.165, 1.54) is 3.97 Å². The van der Waals surface area contributed by atoms with Gasteiger partial charge in [-0.15, -0.1) is 0 Å². The van der Waals surface area contributed by atoms with E-state index >= 15 is 0 Å². The Balaban J connectivity index is 0.000000471. The molecule has 0 amide bonds.